The van der Waals surface area contributed by atoms with E-state index in [0.29, 0.717) is 0 Å². The van der Waals surface area contributed by atoms with Crippen LogP contribution >= 0.6 is 11.6 Å². The first kappa shape index (κ1) is 16.1. The van der Waals surface area contributed by atoms with Crippen LogP contribution in [0.4, 0.5) is 22.0 Å². The molecular weight excluding hydrogens is 321 g/mol. The lowest BCUT2D eigenvalue weighted by Crippen LogP contribution is -2.31. The lowest BCUT2D eigenvalue weighted by atomic mass is 10.2. The number of halogens is 6. The molecule has 0 aliphatic carbocycles. The average Bonchev–Trinajstić information content (AvgIpc) is 2.26. The first-order chi connectivity index (χ1) is 8.46. The molecule has 1 rings (SSSR count). The minimum Gasteiger partial charge on any atom is -0.256 e. The van der Waals surface area contributed by atoms with Crippen LogP contribution < -0.4 is 0 Å². The van der Waals surface area contributed by atoms with Gasteiger partial charge < -0.3 is 0 Å². The van der Waals surface area contributed by atoms with Crippen LogP contribution in [-0.2, 0) is 20.2 Å². The highest BCUT2D eigenvalue weighted by Crippen LogP contribution is 2.31. The van der Waals surface area contributed by atoms with E-state index >= 15 is 0 Å². The van der Waals surface area contributed by atoms with Gasteiger partial charge in [0.25, 0.3) is 0 Å². The summed E-state index contributed by atoms with van der Waals surface area (Å²) < 4.78 is 86.5. The third kappa shape index (κ3) is 3.98. The van der Waals surface area contributed by atoms with Gasteiger partial charge in [0.15, 0.2) is 0 Å². The van der Waals surface area contributed by atoms with Gasteiger partial charge in [0.05, 0.1) is 5.02 Å². The van der Waals surface area contributed by atoms with Crippen LogP contribution in [0.25, 0.3) is 0 Å². The van der Waals surface area contributed by atoms with Crippen LogP contribution in [0.15, 0.2) is 18.3 Å². The number of hydrogen-bond acceptors (Lipinski definition) is 4. The first-order valence-corrected chi connectivity index (χ1v) is 6.20. The Balaban J connectivity index is 2.84. The predicted octanol–water partition coefficient (Wildman–Crippen LogP) is 2.69. The van der Waals surface area contributed by atoms with Crippen LogP contribution in [0.2, 0.25) is 5.02 Å². The average molecular weight is 326 g/mol. The maximum Gasteiger partial charge on any atom is 0.523 e. The summed E-state index contributed by atoms with van der Waals surface area (Å²) in [5.74, 6) is -4.01. The van der Waals surface area contributed by atoms with Crippen molar-refractivity contribution in [2.75, 3.05) is 6.61 Å². The Morgan fingerprint density at radius 3 is 2.21 bits per heavy atom. The topological polar surface area (TPSA) is 56.3 Å². The van der Waals surface area contributed by atoms with Crippen molar-refractivity contribution < 1.29 is 34.6 Å². The second-order valence-corrected chi connectivity index (χ2v) is 5.27. The zero-order valence-corrected chi connectivity index (χ0v) is 10.4. The van der Waals surface area contributed by atoms with Gasteiger partial charge in [-0.2, -0.15) is 30.4 Å². The van der Waals surface area contributed by atoms with Gasteiger partial charge in [-0.3, -0.25) is 9.17 Å². The van der Waals surface area contributed by atoms with Crippen molar-refractivity contribution in [1.82, 2.24) is 4.98 Å². The van der Waals surface area contributed by atoms with E-state index in [1.807, 2.05) is 0 Å². The van der Waals surface area contributed by atoms with Gasteiger partial charge in [-0.15, -0.1) is 0 Å². The van der Waals surface area contributed by atoms with E-state index < -0.39 is 33.8 Å². The molecule has 1 aromatic rings. The largest absolute Gasteiger partial charge is 0.523 e. The normalized spacial score (nSPS) is 13.6. The van der Waals surface area contributed by atoms with Crippen molar-refractivity contribution in [2.45, 2.75) is 11.4 Å². The van der Waals surface area contributed by atoms with Gasteiger partial charge >= 0.3 is 21.5 Å². The van der Waals surface area contributed by atoms with Crippen molar-refractivity contribution in [3.63, 3.8) is 0 Å². The number of rotatable bonds is 4. The Labute approximate surface area is 109 Å². The predicted molar refractivity (Wildman–Crippen MR) is 54.1 cm³/mol. The molecule has 0 aromatic carbocycles. The molecule has 1 aromatic heterocycles. The molecular formula is C8H5ClF5NO3S. The molecule has 0 spiro atoms. The van der Waals surface area contributed by atoms with E-state index in [0.717, 1.165) is 18.3 Å². The Kier molecular flexibility index (Phi) is 4.37. The Hall–Kier alpha value is -1.00. The SMILES string of the molecule is O=S(=O)(OCC(F)(F)c1ccc(Cl)cn1)C(F)(F)F. The van der Waals surface area contributed by atoms with Gasteiger partial charge in [-0.1, -0.05) is 11.6 Å². The monoisotopic (exact) mass is 325 g/mol. The fraction of sp³-hybridized carbons (Fsp3) is 0.375. The number of pyridine rings is 1. The van der Waals surface area contributed by atoms with Crippen LogP contribution in [0.3, 0.4) is 0 Å². The highest BCUT2D eigenvalue weighted by atomic mass is 35.5. The van der Waals surface area contributed by atoms with Crippen LogP contribution in [0.5, 0.6) is 0 Å². The number of hydrogen-bond donors (Lipinski definition) is 0. The van der Waals surface area contributed by atoms with Crippen molar-refractivity contribution in [2.24, 2.45) is 0 Å². The zero-order valence-electron chi connectivity index (χ0n) is 8.79. The summed E-state index contributed by atoms with van der Waals surface area (Å²) in [6.45, 7) is -2.01. The van der Waals surface area contributed by atoms with Gasteiger partial charge in [0.2, 0.25) is 0 Å². The van der Waals surface area contributed by atoms with Crippen molar-refractivity contribution in [3.8, 4) is 0 Å². The van der Waals surface area contributed by atoms with Gasteiger partial charge in [0, 0.05) is 6.20 Å². The molecule has 1 heterocycles. The first-order valence-electron chi connectivity index (χ1n) is 4.41. The summed E-state index contributed by atoms with van der Waals surface area (Å²) >= 11 is 5.39. The molecule has 0 radical (unpaired) electrons. The standard InChI is InChI=1S/C8H5ClF5NO3S/c9-5-1-2-6(15-3-5)7(10,11)4-18-19(16,17)8(12,13)14/h1-3H,4H2. The fourth-order valence-corrected chi connectivity index (χ4v) is 1.43. The minimum absolute atomic E-state index is 0.0309. The molecule has 0 fully saturated rings. The lowest BCUT2D eigenvalue weighted by molar-refractivity contribution is -0.0762. The molecule has 108 valence electrons. The summed E-state index contributed by atoms with van der Waals surface area (Å²) in [4.78, 5) is 3.17. The van der Waals surface area contributed by atoms with E-state index in [1.165, 1.54) is 0 Å². The van der Waals surface area contributed by atoms with E-state index in [2.05, 4.69) is 9.17 Å². The molecule has 0 N–H and O–H groups in total. The lowest BCUT2D eigenvalue weighted by Gasteiger charge is -2.16. The Morgan fingerprint density at radius 2 is 1.79 bits per heavy atom. The summed E-state index contributed by atoms with van der Waals surface area (Å²) in [7, 11) is -6.08. The van der Waals surface area contributed by atoms with Crippen molar-refractivity contribution >= 4 is 21.7 Å². The molecule has 0 atom stereocenters. The molecule has 11 heteroatoms. The van der Waals surface area contributed by atoms with Gasteiger partial charge in [-0.25, -0.2) is 0 Å². The Bertz CT molecular complexity index is 542. The van der Waals surface area contributed by atoms with Gasteiger partial charge in [-0.05, 0) is 12.1 Å². The van der Waals surface area contributed by atoms with E-state index in [1.54, 1.807) is 0 Å². The number of nitrogens with zero attached hydrogens (tertiary/aromatic N) is 1. The summed E-state index contributed by atoms with van der Waals surface area (Å²) in [6.07, 6.45) is 0.836. The molecule has 0 saturated carbocycles. The third-order valence-electron chi connectivity index (χ3n) is 1.78. The van der Waals surface area contributed by atoms with Crippen molar-refractivity contribution in [3.05, 3.63) is 29.0 Å². The summed E-state index contributed by atoms with van der Waals surface area (Å²) in [5.41, 5.74) is -6.73. The van der Waals surface area contributed by atoms with Crippen molar-refractivity contribution in [1.29, 1.82) is 0 Å². The third-order valence-corrected chi connectivity index (χ3v) is 3.00. The molecule has 4 nitrogen and oxygen atoms in total. The minimum atomic E-state index is -6.08. The van der Waals surface area contributed by atoms with E-state index in [4.69, 9.17) is 11.6 Å². The quantitative estimate of drug-likeness (QED) is 0.485. The summed E-state index contributed by atoms with van der Waals surface area (Å²) in [6, 6.07) is 1.77. The molecule has 0 bridgehead atoms. The van der Waals surface area contributed by atoms with Crippen LogP contribution in [0.1, 0.15) is 5.69 Å². The molecule has 0 aliphatic heterocycles. The van der Waals surface area contributed by atoms with E-state index in [9.17, 15) is 30.4 Å². The molecule has 0 aliphatic rings. The number of alkyl halides is 5. The van der Waals surface area contributed by atoms with Crippen LogP contribution in [-0.4, -0.2) is 25.5 Å². The smallest absolute Gasteiger partial charge is 0.256 e. The van der Waals surface area contributed by atoms with E-state index in [-0.39, 0.29) is 5.02 Å². The maximum absolute atomic E-state index is 13.3. The van der Waals surface area contributed by atoms with Crippen LogP contribution in [0, 0.1) is 0 Å². The summed E-state index contributed by atoms with van der Waals surface area (Å²) in [5, 5.41) is 0.0309. The second-order valence-electron chi connectivity index (χ2n) is 3.23. The fourth-order valence-electron chi connectivity index (χ4n) is 0.885. The highest BCUT2D eigenvalue weighted by molar-refractivity contribution is 7.87. The second kappa shape index (κ2) is 5.17. The number of aromatic nitrogens is 1. The molecule has 19 heavy (non-hydrogen) atoms. The Morgan fingerprint density at radius 1 is 1.21 bits per heavy atom. The van der Waals surface area contributed by atoms with Gasteiger partial charge in [0.1, 0.15) is 12.3 Å². The maximum atomic E-state index is 13.3. The molecule has 0 unspecified atom stereocenters. The highest BCUT2D eigenvalue weighted by Gasteiger charge is 2.49. The molecule has 0 saturated heterocycles. The molecule has 0 amide bonds. The zero-order chi connectivity index (χ0) is 14.9.